The van der Waals surface area contributed by atoms with Gasteiger partial charge in [-0.05, 0) is 72.2 Å². The first-order chi connectivity index (χ1) is 15.3. The van der Waals surface area contributed by atoms with Crippen LogP contribution in [0.2, 0.25) is 0 Å². The summed E-state index contributed by atoms with van der Waals surface area (Å²) in [5, 5.41) is 19.2. The van der Waals surface area contributed by atoms with Crippen molar-refractivity contribution in [3.8, 4) is 11.5 Å². The average Bonchev–Trinajstić information content (AvgIpc) is 2.68. The van der Waals surface area contributed by atoms with Crippen molar-refractivity contribution in [1.29, 1.82) is 0 Å². The predicted octanol–water partition coefficient (Wildman–Crippen LogP) is 4.19. The number of carbonyl (C=O) groups is 1. The van der Waals surface area contributed by atoms with Crippen LogP contribution in [-0.4, -0.2) is 22.8 Å². The Bertz CT molecular complexity index is 1090. The van der Waals surface area contributed by atoms with Gasteiger partial charge in [0.1, 0.15) is 11.5 Å². The van der Waals surface area contributed by atoms with Gasteiger partial charge in [-0.15, -0.1) is 0 Å². The summed E-state index contributed by atoms with van der Waals surface area (Å²) in [4.78, 5) is 10.7. The van der Waals surface area contributed by atoms with Crippen molar-refractivity contribution in [1.82, 2.24) is 0 Å². The number of rotatable bonds is 6. The van der Waals surface area contributed by atoms with E-state index in [4.69, 9.17) is 23.6 Å². The van der Waals surface area contributed by atoms with Gasteiger partial charge < -0.3 is 14.9 Å². The van der Waals surface area contributed by atoms with Gasteiger partial charge in [-0.2, -0.15) is 0 Å². The molecule has 0 heterocycles. The SMILES string of the molecule is [2H]c1c([2H])c(Cc2c(C)cc(OCC(=O)O)cc2C)c([2H])c(C([2H])(C([2H])([2H])[2H])C([2H])([2H])[2H])c1O. The number of aliphatic carboxylic acids is 1. The molecular weight excluding hydrogens is 304 g/mol. The molecule has 2 N–H and O–H groups in total. The van der Waals surface area contributed by atoms with Gasteiger partial charge in [0.2, 0.25) is 0 Å². The standard InChI is InChI=1S/C20H24O4/c1-12(2)17-9-15(5-6-19(17)21)10-18-13(3)7-16(8-14(18)4)24-11-20(22)23/h5-9,12,21H,10-11H2,1-4H3,(H,22,23)/i1D3,2D3,5D,6D,9D,12D. The second-order valence-electron chi connectivity index (χ2n) is 5.35. The molecule has 0 bridgehead atoms. The van der Waals surface area contributed by atoms with Crippen molar-refractivity contribution in [2.75, 3.05) is 6.61 Å². The zero-order chi connectivity index (χ0) is 26.4. The summed E-state index contributed by atoms with van der Waals surface area (Å²) in [5.74, 6) is -5.52. The molecule has 2 aromatic rings. The van der Waals surface area contributed by atoms with Crippen LogP contribution in [0.3, 0.4) is 0 Å². The molecule has 0 amide bonds. The van der Waals surface area contributed by atoms with Crippen LogP contribution in [-0.2, 0) is 11.2 Å². The smallest absolute Gasteiger partial charge is 0.341 e. The largest absolute Gasteiger partial charge is 0.508 e. The van der Waals surface area contributed by atoms with E-state index < -0.39 is 61.6 Å². The first kappa shape index (κ1) is 8.56. The normalized spacial score (nSPS) is 18.4. The highest BCUT2D eigenvalue weighted by Crippen LogP contribution is 2.29. The molecule has 0 spiro atoms. The molecule has 4 heteroatoms. The Morgan fingerprint density at radius 3 is 2.58 bits per heavy atom. The minimum absolute atomic E-state index is 0.203. The quantitative estimate of drug-likeness (QED) is 0.829. The highest BCUT2D eigenvalue weighted by atomic mass is 16.5. The van der Waals surface area contributed by atoms with Gasteiger partial charge in [0.25, 0.3) is 0 Å². The zero-order valence-electron chi connectivity index (χ0n) is 23.3. The van der Waals surface area contributed by atoms with Gasteiger partial charge in [0, 0.05) is 9.60 Å². The molecule has 0 aliphatic heterocycles. The van der Waals surface area contributed by atoms with E-state index in [-0.39, 0.29) is 17.7 Å². The predicted molar refractivity (Wildman–Crippen MR) is 94.0 cm³/mol. The van der Waals surface area contributed by atoms with Crippen molar-refractivity contribution in [3.63, 3.8) is 0 Å². The fourth-order valence-corrected chi connectivity index (χ4v) is 2.35. The van der Waals surface area contributed by atoms with Crippen LogP contribution < -0.4 is 4.74 Å². The van der Waals surface area contributed by atoms with E-state index >= 15 is 0 Å². The monoisotopic (exact) mass is 338 g/mol. The number of benzene rings is 2. The Morgan fingerprint density at radius 2 is 2.00 bits per heavy atom. The van der Waals surface area contributed by atoms with Crippen LogP contribution in [0.25, 0.3) is 0 Å². The summed E-state index contributed by atoms with van der Waals surface area (Å²) in [6.45, 7) is -4.23. The molecule has 0 aliphatic carbocycles. The third kappa shape index (κ3) is 4.28. The zero-order valence-corrected chi connectivity index (χ0v) is 13.3. The average molecular weight is 338 g/mol. The molecule has 0 unspecified atom stereocenters. The van der Waals surface area contributed by atoms with Crippen LogP contribution in [0, 0.1) is 13.8 Å². The minimum Gasteiger partial charge on any atom is -0.508 e. The molecule has 0 aliphatic rings. The minimum atomic E-state index is -3.49. The Hall–Kier alpha value is -2.49. The van der Waals surface area contributed by atoms with E-state index in [1.807, 2.05) is 0 Å². The Morgan fingerprint density at radius 1 is 1.33 bits per heavy atom. The summed E-state index contributed by atoms with van der Waals surface area (Å²) in [6.07, 6.45) is -0.203. The van der Waals surface area contributed by atoms with Gasteiger partial charge in [-0.1, -0.05) is 25.8 Å². The number of hydrogen-bond donors (Lipinski definition) is 2. The number of ether oxygens (including phenoxy) is 1. The van der Waals surface area contributed by atoms with Crippen LogP contribution in [0.5, 0.6) is 11.5 Å². The molecule has 4 nitrogen and oxygen atoms in total. The van der Waals surface area contributed by atoms with Gasteiger partial charge in [-0.3, -0.25) is 0 Å². The lowest BCUT2D eigenvalue weighted by Gasteiger charge is -2.15. The number of aromatic hydroxyl groups is 1. The Labute approximate surface area is 156 Å². The lowest BCUT2D eigenvalue weighted by molar-refractivity contribution is -0.139. The Kier molecular flexibility index (Phi) is 2.63. The van der Waals surface area contributed by atoms with E-state index in [0.29, 0.717) is 16.7 Å². The third-order valence-corrected chi connectivity index (χ3v) is 3.48. The first-order valence-electron chi connectivity index (χ1n) is 12.1. The number of aryl methyl sites for hydroxylation is 2. The van der Waals surface area contributed by atoms with Crippen LogP contribution in [0.15, 0.2) is 30.3 Å². The van der Waals surface area contributed by atoms with Crippen molar-refractivity contribution in [2.45, 2.75) is 39.9 Å². The number of carboxylic acids is 1. The number of carboxylic acid groups (broad SMARTS) is 1. The summed E-state index contributed by atoms with van der Waals surface area (Å²) >= 11 is 0. The number of phenols is 1. The van der Waals surface area contributed by atoms with Crippen molar-refractivity contribution < 1.29 is 33.5 Å². The molecule has 128 valence electrons. The maximum absolute atomic E-state index is 10.7. The van der Waals surface area contributed by atoms with Crippen molar-refractivity contribution in [2.24, 2.45) is 0 Å². The number of phenolic OH excluding ortho intramolecular Hbond substituents is 1. The molecule has 2 rings (SSSR count). The van der Waals surface area contributed by atoms with Crippen LogP contribution >= 0.6 is 0 Å². The van der Waals surface area contributed by atoms with Gasteiger partial charge >= 0.3 is 5.97 Å². The topological polar surface area (TPSA) is 66.8 Å². The van der Waals surface area contributed by atoms with E-state index in [1.54, 1.807) is 13.8 Å². The first-order valence-corrected chi connectivity index (χ1v) is 7.11. The van der Waals surface area contributed by atoms with Crippen molar-refractivity contribution in [3.05, 3.63) is 58.1 Å². The molecule has 0 radical (unpaired) electrons. The fourth-order valence-electron chi connectivity index (χ4n) is 2.35. The van der Waals surface area contributed by atoms with Gasteiger partial charge in [-0.25, -0.2) is 4.79 Å². The van der Waals surface area contributed by atoms with E-state index in [9.17, 15) is 9.90 Å². The second-order valence-corrected chi connectivity index (χ2v) is 5.35. The van der Waals surface area contributed by atoms with Crippen molar-refractivity contribution >= 4 is 5.97 Å². The fraction of sp³-hybridized carbons (Fsp3) is 0.350. The number of hydrogen-bond acceptors (Lipinski definition) is 3. The van der Waals surface area contributed by atoms with Gasteiger partial charge in [0.05, 0.1) is 4.11 Å². The summed E-state index contributed by atoms with van der Waals surface area (Å²) in [6, 6.07) is 0.755. The molecule has 24 heavy (non-hydrogen) atoms. The lowest BCUT2D eigenvalue weighted by Crippen LogP contribution is -2.10. The maximum atomic E-state index is 10.7. The molecule has 0 atom stereocenters. The van der Waals surface area contributed by atoms with E-state index in [2.05, 4.69) is 0 Å². The van der Waals surface area contributed by atoms with Crippen LogP contribution in [0.1, 0.15) is 61.1 Å². The Balaban J connectivity index is 2.75. The molecule has 0 saturated heterocycles. The third-order valence-electron chi connectivity index (χ3n) is 3.48. The summed E-state index contributed by atoms with van der Waals surface area (Å²) in [5.41, 5.74) is 0.404. The molecule has 0 saturated carbocycles. The highest BCUT2D eigenvalue weighted by Gasteiger charge is 2.11. The van der Waals surface area contributed by atoms with Gasteiger partial charge in [0.15, 0.2) is 6.61 Å². The molecular formula is C20H24O4. The molecule has 0 aromatic heterocycles. The second kappa shape index (κ2) is 7.39. The van der Waals surface area contributed by atoms with E-state index in [0.717, 1.165) is 0 Å². The summed E-state index contributed by atoms with van der Waals surface area (Å²) < 4.78 is 84.4. The molecule has 0 fully saturated rings. The summed E-state index contributed by atoms with van der Waals surface area (Å²) in [7, 11) is 0. The maximum Gasteiger partial charge on any atom is 0.341 e. The highest BCUT2D eigenvalue weighted by molar-refractivity contribution is 5.68. The van der Waals surface area contributed by atoms with Crippen LogP contribution in [0.4, 0.5) is 0 Å². The van der Waals surface area contributed by atoms with E-state index in [1.165, 1.54) is 12.1 Å². The molecule has 2 aromatic carbocycles. The lowest BCUT2D eigenvalue weighted by atomic mass is 9.93.